The molecular formula is C74H88Br6N54O6. The molecule has 0 aliphatic carbocycles. The van der Waals surface area contributed by atoms with Gasteiger partial charge in [-0.25, -0.2) is 76.7 Å². The number of hydrogen-bond acceptors (Lipinski definition) is 36. The maximum Gasteiger partial charge on any atom is 0.321 e. The molecule has 0 aromatic carbocycles. The van der Waals surface area contributed by atoms with Crippen LogP contribution in [0.3, 0.4) is 0 Å². The molecule has 18 rings (SSSR count). The Bertz CT molecular complexity index is 6490. The van der Waals surface area contributed by atoms with Crippen LogP contribution in [0.1, 0.15) is 102 Å². The van der Waals surface area contributed by atoms with Crippen LogP contribution in [0.15, 0.2) is 138 Å². The molecule has 18 aromatic rings. The molecular weight excluding hydrogens is 2220 g/mol. The molecule has 0 spiro atoms. The number of nitrogens with zero attached hydrogens (tertiary/aromatic N) is 42. The quantitative estimate of drug-likeness (QED) is 0.0235. The van der Waals surface area contributed by atoms with Crippen LogP contribution in [0.2, 0.25) is 0 Å². The third kappa shape index (κ3) is 31.3. The SMILES string of the molecule is CC(C)n1nnc(CCNC(=O)Nc2cn3cc(Br)ncc3n2)n1.CC(C)n1nnc(CCNC(=O)Nc2cn3nc(Br)ccc3n2)n1.CCn1nnc(CCNC(=O)Nc2cn3cc(Br)ncc3n2)n1.CCn1nnc(CCNC(=O)Nc2cn3nc(Br)ccc3n2)n1.CCn1nnc(CCNC(=O)Nc2nc3cc(Br)ccn3n2)n1.CCn1nnc(CCNC(=O)Nc2nc3ccc(Br)cn3n2)n1. The Kier molecular flexibility index (Phi) is 36.5. The zero-order valence-corrected chi connectivity index (χ0v) is 84.9. The smallest absolute Gasteiger partial charge is 0.321 e. The van der Waals surface area contributed by atoms with Gasteiger partial charge in [-0.2, -0.15) is 48.9 Å². The normalized spacial score (nSPS) is 11.0. The fourth-order valence-corrected chi connectivity index (χ4v) is 13.3. The minimum absolute atomic E-state index is 0.159. The molecule has 0 saturated carbocycles. The Morgan fingerprint density at radius 1 is 0.300 bits per heavy atom. The fourth-order valence-electron chi connectivity index (χ4n) is 11.4. The number of aryl methyl sites for hydroxylation is 4. The monoisotopic (exact) mass is 2300 g/mol. The van der Waals surface area contributed by atoms with Gasteiger partial charge >= 0.3 is 36.2 Å². The number of urea groups is 6. The maximum atomic E-state index is 11.9. The molecule has 140 heavy (non-hydrogen) atoms. The summed E-state index contributed by atoms with van der Waals surface area (Å²) >= 11 is 19.8. The van der Waals surface area contributed by atoms with Crippen LogP contribution >= 0.6 is 95.6 Å². The Labute approximate surface area is 840 Å². The van der Waals surface area contributed by atoms with Crippen molar-refractivity contribution >= 4 is 201 Å². The van der Waals surface area contributed by atoms with E-state index in [0.717, 1.165) is 8.95 Å². The summed E-state index contributed by atoms with van der Waals surface area (Å²) in [5.74, 6) is 5.72. The Morgan fingerprint density at radius 2 is 0.614 bits per heavy atom. The number of fused-ring (bicyclic) bond motifs is 6. The molecule has 0 aliphatic rings. The summed E-state index contributed by atoms with van der Waals surface area (Å²) in [4.78, 5) is 114. The maximum absolute atomic E-state index is 11.9. The van der Waals surface area contributed by atoms with Crippen molar-refractivity contribution in [2.24, 2.45) is 0 Å². The Balaban J connectivity index is 0.000000141. The van der Waals surface area contributed by atoms with E-state index in [1.807, 2.05) is 67.5 Å². The van der Waals surface area contributed by atoms with Crippen molar-refractivity contribution in [3.63, 3.8) is 0 Å². The van der Waals surface area contributed by atoms with Gasteiger partial charge in [0, 0.05) is 112 Å². The molecule has 0 radical (unpaired) electrons. The van der Waals surface area contributed by atoms with E-state index in [9.17, 15) is 28.8 Å². The molecule has 732 valence electrons. The van der Waals surface area contributed by atoms with Gasteiger partial charge in [-0.3, -0.25) is 31.9 Å². The predicted molar refractivity (Wildman–Crippen MR) is 519 cm³/mol. The summed E-state index contributed by atoms with van der Waals surface area (Å²) in [6.45, 7) is 20.6. The van der Waals surface area contributed by atoms with Gasteiger partial charge in [0.2, 0.25) is 0 Å². The second kappa shape index (κ2) is 50.1. The highest BCUT2D eigenvalue weighted by molar-refractivity contribution is 9.11. The third-order valence-corrected chi connectivity index (χ3v) is 20.6. The predicted octanol–water partition coefficient (Wildman–Crippen LogP) is 6.30. The van der Waals surface area contributed by atoms with Gasteiger partial charge < -0.3 is 40.7 Å². The minimum atomic E-state index is -0.386. The van der Waals surface area contributed by atoms with Gasteiger partial charge in [-0.05, 0) is 215 Å². The summed E-state index contributed by atoms with van der Waals surface area (Å²) in [5.41, 5.74) is 3.85. The van der Waals surface area contributed by atoms with Gasteiger partial charge in [0.25, 0.3) is 11.9 Å². The number of halogens is 6. The highest BCUT2D eigenvalue weighted by atomic mass is 79.9. The van der Waals surface area contributed by atoms with Crippen molar-refractivity contribution in [2.75, 3.05) is 71.2 Å². The van der Waals surface area contributed by atoms with Crippen LogP contribution in [0.25, 0.3) is 33.9 Å². The first kappa shape index (κ1) is 102. The summed E-state index contributed by atoms with van der Waals surface area (Å²) in [7, 11) is 0. The van der Waals surface area contributed by atoms with E-state index in [2.05, 4.69) is 312 Å². The molecule has 60 nitrogen and oxygen atoms in total. The number of pyridine rings is 2. The van der Waals surface area contributed by atoms with E-state index in [1.165, 1.54) is 28.8 Å². The van der Waals surface area contributed by atoms with Crippen molar-refractivity contribution in [1.82, 2.24) is 240 Å². The van der Waals surface area contributed by atoms with Gasteiger partial charge in [-0.1, -0.05) is 15.9 Å². The fraction of sp³-hybridized carbons (Fsp3) is 0.351. The van der Waals surface area contributed by atoms with E-state index < -0.39 is 0 Å². The minimum Gasteiger partial charge on any atom is -0.337 e. The molecule has 0 fully saturated rings. The number of rotatable bonds is 30. The zero-order chi connectivity index (χ0) is 99.1. The van der Waals surface area contributed by atoms with Gasteiger partial charge in [0.15, 0.2) is 92.1 Å². The summed E-state index contributed by atoms with van der Waals surface area (Å²) in [5, 5.41) is 121. The van der Waals surface area contributed by atoms with E-state index in [4.69, 9.17) is 0 Å². The molecule has 12 amide bonds. The highest BCUT2D eigenvalue weighted by Crippen LogP contribution is 2.19. The van der Waals surface area contributed by atoms with Crippen LogP contribution in [-0.4, -0.2) is 284 Å². The average Bonchev–Trinajstić information content (AvgIpc) is 1.71. The van der Waals surface area contributed by atoms with Crippen molar-refractivity contribution < 1.29 is 28.8 Å². The largest absolute Gasteiger partial charge is 0.337 e. The van der Waals surface area contributed by atoms with Crippen LogP contribution in [0.4, 0.5) is 63.9 Å². The van der Waals surface area contributed by atoms with E-state index >= 15 is 0 Å². The highest BCUT2D eigenvalue weighted by Gasteiger charge is 2.18. The van der Waals surface area contributed by atoms with Crippen LogP contribution < -0.4 is 63.8 Å². The van der Waals surface area contributed by atoms with Crippen LogP contribution in [0.5, 0.6) is 0 Å². The number of anilines is 6. The second-order valence-corrected chi connectivity index (χ2v) is 34.2. The van der Waals surface area contributed by atoms with Gasteiger partial charge in [-0.15, -0.1) is 71.4 Å². The zero-order valence-electron chi connectivity index (χ0n) is 75.4. The first-order valence-corrected chi connectivity index (χ1v) is 47.3. The number of hydrogen-bond donors (Lipinski definition) is 12. The number of imidazole rings is 4. The molecule has 0 bridgehead atoms. The number of carbonyl (C=O) groups is 6. The molecule has 0 aliphatic heterocycles. The summed E-state index contributed by atoms with van der Waals surface area (Å²) in [6, 6.07) is 12.6. The van der Waals surface area contributed by atoms with Crippen molar-refractivity contribution in [3.05, 3.63) is 173 Å². The van der Waals surface area contributed by atoms with Crippen LogP contribution in [0, 0.1) is 0 Å². The Morgan fingerprint density at radius 3 is 0.971 bits per heavy atom. The van der Waals surface area contributed by atoms with E-state index in [0.29, 0.717) is 214 Å². The lowest BCUT2D eigenvalue weighted by Crippen LogP contribution is -2.31. The number of amides is 12. The van der Waals surface area contributed by atoms with Crippen LogP contribution in [-0.2, 0) is 64.7 Å². The lowest BCUT2D eigenvalue weighted by Gasteiger charge is -2.03. The number of carbonyl (C=O) groups excluding carboxylic acids is 6. The number of tetrazole rings is 6. The topological polar surface area (TPSA) is 690 Å². The van der Waals surface area contributed by atoms with E-state index in [-0.39, 0.29) is 60.2 Å². The van der Waals surface area contributed by atoms with Gasteiger partial charge in [0.05, 0.1) is 75.4 Å². The summed E-state index contributed by atoms with van der Waals surface area (Å²) < 4.78 is 14.3. The number of nitrogens with one attached hydrogen (secondary N) is 12. The van der Waals surface area contributed by atoms with E-state index in [1.54, 1.807) is 125 Å². The average molecular weight is 2310 g/mol. The van der Waals surface area contributed by atoms with Crippen molar-refractivity contribution in [1.29, 1.82) is 0 Å². The first-order valence-electron chi connectivity index (χ1n) is 42.6. The van der Waals surface area contributed by atoms with Gasteiger partial charge in [0.1, 0.15) is 18.4 Å². The molecule has 12 N–H and O–H groups in total. The van der Waals surface area contributed by atoms with Crippen molar-refractivity contribution in [3.8, 4) is 0 Å². The summed E-state index contributed by atoms with van der Waals surface area (Å²) in [6.07, 6.45) is 19.9. The molecule has 0 unspecified atom stereocenters. The first-order chi connectivity index (χ1) is 67.6. The molecule has 0 saturated heterocycles. The van der Waals surface area contributed by atoms with Crippen molar-refractivity contribution in [2.45, 2.75) is 132 Å². The molecule has 0 atom stereocenters. The lowest BCUT2D eigenvalue weighted by atomic mass is 10.4. The lowest BCUT2D eigenvalue weighted by molar-refractivity contribution is 0.251. The molecule has 18 heterocycles. The third-order valence-electron chi connectivity index (χ3n) is 18.0. The molecule has 66 heteroatoms. The standard InChI is InChI=1S/2C13H16BrN9O.4C12H14BrN9O/c1-8(2)23-20-10(19-21-23)3-4-15-13(24)18-11-7-22-6-9(14)16-5-12(22)17-11;1-8(2)23-20-10(18-21-23)5-6-15-13(24)17-11-7-22-12(16-11)4-3-9(14)19-22;1-2-22-18-9(17-20-22)3-5-14-12(23)16-11-15-10-7-8(13)4-6-21(10)19-11;1-2-22-19-9(18-20-22)3-4-14-12(23)17-10-7-21-6-8(13)15-5-11(21)16-10;1-2-22-19-9(17-20-22)5-6-14-12(23)16-10-7-21-11(15-10)4-3-8(13)18-21;1-2-22-18-9(17-20-22)5-6-14-12(23)16-11-15-10-4-3-8(13)7-21(10)19-11/h5-8H,3-4H2,1-2H3,(H2,15,18,24);3-4,7-8H,5-6H2,1-2H3,(H2,15,17,24);4,6-7H,2-3,5H2,1H3,(H2,14,16,19,23);5-7H,2-4H2,1H3,(H2,14,17,23);3-4,7H,2,5-6H2,1H3,(H2,14,16,23);3-4,7H,2,5-6H2,1H3,(H2,14,16,19,23). The number of aromatic nitrogens is 42. The Hall–Kier alpha value is -15.4. The second-order valence-electron chi connectivity index (χ2n) is 29.1. The molecule has 18 aromatic heterocycles.